The Morgan fingerprint density at radius 3 is 3.06 bits per heavy atom. The molecule has 1 aromatic carbocycles. The number of fused-ring (bicyclic) bond motifs is 1. The molecule has 0 aliphatic heterocycles. The highest BCUT2D eigenvalue weighted by Crippen LogP contribution is 2.29. The topological polar surface area (TPSA) is 24.1 Å². The number of aryl methyl sites for hydroxylation is 1. The first kappa shape index (κ1) is 13.3. The monoisotopic (exact) mass is 262 g/mol. The second-order valence-electron chi connectivity index (χ2n) is 4.90. The maximum atomic E-state index is 5.36. The standard InChI is InChI=1S/C15H22N2S/c1-2-3-11-16-15(18)17-14-10-6-8-12-7-4-5-9-13(12)14/h4-5,7,9,14H,2-3,6,8,10-11H2,1H3,(H2,16,17,18)/t14-/m1/s1. The maximum Gasteiger partial charge on any atom is 0.166 e. The van der Waals surface area contributed by atoms with Gasteiger partial charge >= 0.3 is 0 Å². The number of rotatable bonds is 4. The van der Waals surface area contributed by atoms with E-state index in [1.807, 2.05) is 0 Å². The molecule has 0 radical (unpaired) electrons. The van der Waals surface area contributed by atoms with Crippen LogP contribution in [0.2, 0.25) is 0 Å². The Bertz CT molecular complexity index is 403. The molecule has 0 spiro atoms. The molecule has 2 nitrogen and oxygen atoms in total. The highest BCUT2D eigenvalue weighted by molar-refractivity contribution is 7.80. The van der Waals surface area contributed by atoms with E-state index in [1.165, 1.54) is 43.2 Å². The second-order valence-corrected chi connectivity index (χ2v) is 5.31. The molecule has 0 saturated carbocycles. The molecule has 1 aliphatic rings. The molecule has 0 aromatic heterocycles. The van der Waals surface area contributed by atoms with E-state index < -0.39 is 0 Å². The number of hydrogen-bond acceptors (Lipinski definition) is 1. The number of unbranched alkanes of at least 4 members (excludes halogenated alkanes) is 1. The van der Waals surface area contributed by atoms with E-state index in [1.54, 1.807) is 0 Å². The van der Waals surface area contributed by atoms with E-state index >= 15 is 0 Å². The Morgan fingerprint density at radius 2 is 2.22 bits per heavy atom. The summed E-state index contributed by atoms with van der Waals surface area (Å²) in [6.07, 6.45) is 5.98. The van der Waals surface area contributed by atoms with Crippen molar-refractivity contribution in [1.29, 1.82) is 0 Å². The van der Waals surface area contributed by atoms with Gasteiger partial charge in [-0.3, -0.25) is 0 Å². The average molecular weight is 262 g/mol. The lowest BCUT2D eigenvalue weighted by Crippen LogP contribution is -2.39. The highest BCUT2D eigenvalue weighted by Gasteiger charge is 2.19. The Labute approximate surface area is 115 Å². The first-order chi connectivity index (χ1) is 8.81. The molecule has 98 valence electrons. The maximum absolute atomic E-state index is 5.36. The normalized spacial score (nSPS) is 17.9. The molecule has 1 atom stereocenters. The lowest BCUT2D eigenvalue weighted by atomic mass is 9.88. The van der Waals surface area contributed by atoms with Gasteiger partial charge in [-0.2, -0.15) is 0 Å². The lowest BCUT2D eigenvalue weighted by Gasteiger charge is -2.27. The van der Waals surface area contributed by atoms with Crippen LogP contribution in [0.25, 0.3) is 0 Å². The lowest BCUT2D eigenvalue weighted by molar-refractivity contribution is 0.523. The van der Waals surface area contributed by atoms with Crippen LogP contribution in [0, 0.1) is 0 Å². The zero-order chi connectivity index (χ0) is 12.8. The predicted molar refractivity (Wildman–Crippen MR) is 80.8 cm³/mol. The van der Waals surface area contributed by atoms with Crippen LogP contribution in [-0.4, -0.2) is 11.7 Å². The summed E-state index contributed by atoms with van der Waals surface area (Å²) < 4.78 is 0. The van der Waals surface area contributed by atoms with Gasteiger partial charge < -0.3 is 10.6 Å². The van der Waals surface area contributed by atoms with E-state index in [-0.39, 0.29) is 0 Å². The van der Waals surface area contributed by atoms with Crippen molar-refractivity contribution in [1.82, 2.24) is 10.6 Å². The molecule has 0 unspecified atom stereocenters. The van der Waals surface area contributed by atoms with Crippen molar-refractivity contribution < 1.29 is 0 Å². The van der Waals surface area contributed by atoms with Gasteiger partial charge in [-0.25, -0.2) is 0 Å². The fourth-order valence-electron chi connectivity index (χ4n) is 2.49. The van der Waals surface area contributed by atoms with Gasteiger partial charge in [-0.05, 0) is 49.0 Å². The molecule has 2 N–H and O–H groups in total. The van der Waals surface area contributed by atoms with Gasteiger partial charge in [0.2, 0.25) is 0 Å². The van der Waals surface area contributed by atoms with Crippen molar-refractivity contribution in [3.05, 3.63) is 35.4 Å². The van der Waals surface area contributed by atoms with Crippen molar-refractivity contribution >= 4 is 17.3 Å². The predicted octanol–water partition coefficient (Wildman–Crippen LogP) is 3.33. The SMILES string of the molecule is CCCCNC(=S)N[C@@H]1CCCc2ccccc21. The summed E-state index contributed by atoms with van der Waals surface area (Å²) in [7, 11) is 0. The fraction of sp³-hybridized carbons (Fsp3) is 0.533. The summed E-state index contributed by atoms with van der Waals surface area (Å²) in [5.74, 6) is 0. The third kappa shape index (κ3) is 3.45. The van der Waals surface area contributed by atoms with Gasteiger partial charge in [-0.15, -0.1) is 0 Å². The summed E-state index contributed by atoms with van der Waals surface area (Å²) in [6.45, 7) is 3.16. The third-order valence-electron chi connectivity index (χ3n) is 3.49. The van der Waals surface area contributed by atoms with E-state index in [0.717, 1.165) is 11.7 Å². The zero-order valence-corrected chi connectivity index (χ0v) is 11.9. The highest BCUT2D eigenvalue weighted by atomic mass is 32.1. The van der Waals surface area contributed by atoms with Gasteiger partial charge in [0.05, 0.1) is 6.04 Å². The first-order valence-electron chi connectivity index (χ1n) is 6.93. The van der Waals surface area contributed by atoms with Crippen LogP contribution < -0.4 is 10.6 Å². The molecular formula is C15H22N2S. The van der Waals surface area contributed by atoms with Crippen molar-refractivity contribution in [3.8, 4) is 0 Å². The summed E-state index contributed by atoms with van der Waals surface area (Å²) in [4.78, 5) is 0. The van der Waals surface area contributed by atoms with Crippen molar-refractivity contribution in [2.24, 2.45) is 0 Å². The van der Waals surface area contributed by atoms with Crippen molar-refractivity contribution in [2.45, 2.75) is 45.1 Å². The molecule has 18 heavy (non-hydrogen) atoms. The third-order valence-corrected chi connectivity index (χ3v) is 3.75. The number of nitrogens with one attached hydrogen (secondary N) is 2. The number of thiocarbonyl (C=S) groups is 1. The Balaban J connectivity index is 1.92. The molecule has 3 heteroatoms. The molecular weight excluding hydrogens is 240 g/mol. The van der Waals surface area contributed by atoms with Gasteiger partial charge in [0.15, 0.2) is 5.11 Å². The summed E-state index contributed by atoms with van der Waals surface area (Å²) in [5.41, 5.74) is 2.89. The van der Waals surface area contributed by atoms with Crippen molar-refractivity contribution in [3.63, 3.8) is 0 Å². The second kappa shape index (κ2) is 6.74. The fourth-order valence-corrected chi connectivity index (χ4v) is 2.74. The molecule has 0 bridgehead atoms. The average Bonchev–Trinajstić information content (AvgIpc) is 2.39. The van der Waals surface area contributed by atoms with Crippen molar-refractivity contribution in [2.75, 3.05) is 6.54 Å². The minimum Gasteiger partial charge on any atom is -0.363 e. The smallest absolute Gasteiger partial charge is 0.166 e. The molecule has 1 aliphatic carbocycles. The Kier molecular flexibility index (Phi) is 5.00. The minimum absolute atomic E-state index is 0.386. The van der Waals surface area contributed by atoms with Gasteiger partial charge in [0.25, 0.3) is 0 Å². The first-order valence-corrected chi connectivity index (χ1v) is 7.34. The van der Waals surface area contributed by atoms with Crippen LogP contribution in [0.5, 0.6) is 0 Å². The van der Waals surface area contributed by atoms with Crippen LogP contribution in [-0.2, 0) is 6.42 Å². The number of benzene rings is 1. The quantitative estimate of drug-likeness (QED) is 0.643. The van der Waals surface area contributed by atoms with E-state index in [4.69, 9.17) is 12.2 Å². The summed E-state index contributed by atoms with van der Waals surface area (Å²) >= 11 is 5.36. The van der Waals surface area contributed by atoms with Gasteiger partial charge in [0, 0.05) is 6.54 Å². The molecule has 0 fully saturated rings. The van der Waals surface area contributed by atoms with Crippen LogP contribution in [0.3, 0.4) is 0 Å². The van der Waals surface area contributed by atoms with Crippen LogP contribution in [0.4, 0.5) is 0 Å². The Hall–Kier alpha value is -1.09. The van der Waals surface area contributed by atoms with Crippen LogP contribution >= 0.6 is 12.2 Å². The van der Waals surface area contributed by atoms with Gasteiger partial charge in [-0.1, -0.05) is 37.6 Å². The summed E-state index contributed by atoms with van der Waals surface area (Å²) in [6, 6.07) is 9.08. The van der Waals surface area contributed by atoms with E-state index in [0.29, 0.717) is 6.04 Å². The van der Waals surface area contributed by atoms with Crippen LogP contribution in [0.1, 0.15) is 49.8 Å². The molecule has 0 heterocycles. The Morgan fingerprint density at radius 1 is 1.39 bits per heavy atom. The van der Waals surface area contributed by atoms with Gasteiger partial charge in [0.1, 0.15) is 0 Å². The summed E-state index contributed by atoms with van der Waals surface area (Å²) in [5, 5.41) is 7.53. The minimum atomic E-state index is 0.386. The van der Waals surface area contributed by atoms with E-state index in [2.05, 4.69) is 41.8 Å². The number of hydrogen-bond donors (Lipinski definition) is 2. The molecule has 0 amide bonds. The molecule has 1 aromatic rings. The van der Waals surface area contributed by atoms with E-state index in [9.17, 15) is 0 Å². The molecule has 0 saturated heterocycles. The largest absolute Gasteiger partial charge is 0.363 e. The zero-order valence-electron chi connectivity index (χ0n) is 11.0. The molecule has 2 rings (SSSR count). The van der Waals surface area contributed by atoms with Crippen LogP contribution in [0.15, 0.2) is 24.3 Å².